The summed E-state index contributed by atoms with van der Waals surface area (Å²) in [6.45, 7) is 2.24. The maximum atomic E-state index is 4.30. The van der Waals surface area contributed by atoms with Gasteiger partial charge in [-0.2, -0.15) is 0 Å². The zero-order chi connectivity index (χ0) is 9.97. The molecule has 0 amide bonds. The smallest absolute Gasteiger partial charge is 0.140 e. The summed E-state index contributed by atoms with van der Waals surface area (Å²) >= 11 is 3.49. The van der Waals surface area contributed by atoms with E-state index in [1.165, 1.54) is 19.3 Å². The highest BCUT2D eigenvalue weighted by molar-refractivity contribution is 9.10. The van der Waals surface area contributed by atoms with Crippen LogP contribution in [0.4, 0.5) is 5.82 Å². The first kappa shape index (κ1) is 9.97. The summed E-state index contributed by atoms with van der Waals surface area (Å²) in [6, 6.07) is 4.49. The minimum atomic E-state index is 0.537. The van der Waals surface area contributed by atoms with Crippen LogP contribution in [-0.2, 0) is 0 Å². The average Bonchev–Trinajstić information content (AvgIpc) is 2.05. The molecule has 3 heteroatoms. The van der Waals surface area contributed by atoms with E-state index in [9.17, 15) is 0 Å². The van der Waals surface area contributed by atoms with Gasteiger partial charge in [-0.1, -0.05) is 6.42 Å². The standard InChI is InChI=1S/C11H15BrN2/c1-8(9-4-2-5-9)14-11-10(12)6-3-7-13-11/h3,6-9H,2,4-5H2,1H3,(H,13,14)/t8-/m1/s1. The molecule has 0 spiro atoms. The Hall–Kier alpha value is -0.570. The Morgan fingerprint density at radius 2 is 2.36 bits per heavy atom. The van der Waals surface area contributed by atoms with Crippen LogP contribution in [-0.4, -0.2) is 11.0 Å². The third-order valence-electron chi connectivity index (χ3n) is 2.98. The second kappa shape index (κ2) is 4.30. The van der Waals surface area contributed by atoms with Crippen molar-refractivity contribution in [2.45, 2.75) is 32.2 Å². The van der Waals surface area contributed by atoms with E-state index in [0.717, 1.165) is 16.2 Å². The van der Waals surface area contributed by atoms with Crippen LogP contribution in [0.25, 0.3) is 0 Å². The predicted octanol–water partition coefficient (Wildman–Crippen LogP) is 3.44. The molecule has 0 radical (unpaired) electrons. The topological polar surface area (TPSA) is 24.9 Å². The monoisotopic (exact) mass is 254 g/mol. The number of nitrogens with one attached hydrogen (secondary N) is 1. The summed E-state index contributed by atoms with van der Waals surface area (Å²) in [7, 11) is 0. The molecule has 76 valence electrons. The van der Waals surface area contributed by atoms with Gasteiger partial charge >= 0.3 is 0 Å². The lowest BCUT2D eigenvalue weighted by atomic mass is 9.80. The maximum Gasteiger partial charge on any atom is 0.140 e. The summed E-state index contributed by atoms with van der Waals surface area (Å²) in [6.07, 6.45) is 5.93. The molecular formula is C11H15BrN2. The lowest BCUT2D eigenvalue weighted by Crippen LogP contribution is -2.31. The molecular weight excluding hydrogens is 240 g/mol. The van der Waals surface area contributed by atoms with Crippen molar-refractivity contribution in [2.75, 3.05) is 5.32 Å². The van der Waals surface area contributed by atoms with Gasteiger partial charge in [0, 0.05) is 12.2 Å². The van der Waals surface area contributed by atoms with Gasteiger partial charge in [0.15, 0.2) is 0 Å². The number of rotatable bonds is 3. The average molecular weight is 255 g/mol. The van der Waals surface area contributed by atoms with Gasteiger partial charge in [0.1, 0.15) is 5.82 Å². The second-order valence-electron chi connectivity index (χ2n) is 3.96. The van der Waals surface area contributed by atoms with Crippen molar-refractivity contribution in [3.05, 3.63) is 22.8 Å². The predicted molar refractivity (Wildman–Crippen MR) is 62.4 cm³/mol. The molecule has 1 atom stereocenters. The van der Waals surface area contributed by atoms with Gasteiger partial charge in [-0.05, 0) is 53.7 Å². The van der Waals surface area contributed by atoms with Crippen LogP contribution in [0.5, 0.6) is 0 Å². The minimum Gasteiger partial charge on any atom is -0.366 e. The highest BCUT2D eigenvalue weighted by atomic mass is 79.9. The fourth-order valence-electron chi connectivity index (χ4n) is 1.77. The molecule has 1 aliphatic carbocycles. The van der Waals surface area contributed by atoms with Gasteiger partial charge in [-0.3, -0.25) is 0 Å². The van der Waals surface area contributed by atoms with Gasteiger partial charge in [-0.25, -0.2) is 4.98 Å². The summed E-state index contributed by atoms with van der Waals surface area (Å²) in [5, 5.41) is 3.45. The van der Waals surface area contributed by atoms with Crippen LogP contribution in [0.3, 0.4) is 0 Å². The Bertz CT molecular complexity index is 310. The third-order valence-corrected chi connectivity index (χ3v) is 3.62. The van der Waals surface area contributed by atoms with Crippen LogP contribution in [0.15, 0.2) is 22.8 Å². The van der Waals surface area contributed by atoms with Crippen molar-refractivity contribution in [3.63, 3.8) is 0 Å². The first-order valence-corrected chi connectivity index (χ1v) is 5.93. The quantitative estimate of drug-likeness (QED) is 0.894. The Morgan fingerprint density at radius 3 is 2.93 bits per heavy atom. The molecule has 1 heterocycles. The molecule has 1 fully saturated rings. The second-order valence-corrected chi connectivity index (χ2v) is 4.81. The molecule has 0 bridgehead atoms. The van der Waals surface area contributed by atoms with Gasteiger partial charge in [0.05, 0.1) is 4.47 Å². The summed E-state index contributed by atoms with van der Waals surface area (Å²) < 4.78 is 1.05. The van der Waals surface area contributed by atoms with Gasteiger partial charge in [0.25, 0.3) is 0 Å². The van der Waals surface area contributed by atoms with E-state index in [4.69, 9.17) is 0 Å². The van der Waals surface area contributed by atoms with E-state index in [-0.39, 0.29) is 0 Å². The minimum absolute atomic E-state index is 0.537. The highest BCUT2D eigenvalue weighted by Gasteiger charge is 2.24. The van der Waals surface area contributed by atoms with Crippen LogP contribution in [0.2, 0.25) is 0 Å². The largest absolute Gasteiger partial charge is 0.366 e. The summed E-state index contributed by atoms with van der Waals surface area (Å²) in [5.74, 6) is 1.80. The van der Waals surface area contributed by atoms with Crippen molar-refractivity contribution in [3.8, 4) is 0 Å². The summed E-state index contributed by atoms with van der Waals surface area (Å²) in [4.78, 5) is 4.30. The molecule has 0 aliphatic heterocycles. The molecule has 1 aromatic rings. The maximum absolute atomic E-state index is 4.30. The Balaban J connectivity index is 1.99. The fourth-order valence-corrected chi connectivity index (χ4v) is 2.13. The molecule has 1 aliphatic rings. The zero-order valence-electron chi connectivity index (χ0n) is 8.33. The first-order valence-electron chi connectivity index (χ1n) is 5.14. The molecule has 1 N–H and O–H groups in total. The van der Waals surface area contributed by atoms with Crippen molar-refractivity contribution in [1.82, 2.24) is 4.98 Å². The van der Waals surface area contributed by atoms with E-state index in [2.05, 4.69) is 33.2 Å². The number of aromatic nitrogens is 1. The van der Waals surface area contributed by atoms with E-state index < -0.39 is 0 Å². The van der Waals surface area contributed by atoms with Crippen LogP contribution < -0.4 is 5.32 Å². The SMILES string of the molecule is C[C@@H](Nc1ncccc1Br)C1CCC1. The molecule has 2 nitrogen and oxygen atoms in total. The molecule has 0 saturated heterocycles. The Morgan fingerprint density at radius 1 is 1.57 bits per heavy atom. The third kappa shape index (κ3) is 2.08. The molecule has 0 aromatic carbocycles. The van der Waals surface area contributed by atoms with Crippen LogP contribution in [0, 0.1) is 5.92 Å². The van der Waals surface area contributed by atoms with E-state index in [1.807, 2.05) is 18.3 Å². The number of nitrogens with zero attached hydrogens (tertiary/aromatic N) is 1. The van der Waals surface area contributed by atoms with E-state index >= 15 is 0 Å². The Labute approximate surface area is 93.3 Å². The molecule has 1 saturated carbocycles. The number of anilines is 1. The molecule has 1 aromatic heterocycles. The Kier molecular flexibility index (Phi) is 3.06. The number of hydrogen-bond acceptors (Lipinski definition) is 2. The van der Waals surface area contributed by atoms with E-state index in [0.29, 0.717) is 6.04 Å². The molecule has 2 rings (SSSR count). The van der Waals surface area contributed by atoms with Crippen molar-refractivity contribution < 1.29 is 0 Å². The lowest BCUT2D eigenvalue weighted by Gasteiger charge is -2.32. The first-order chi connectivity index (χ1) is 6.77. The lowest BCUT2D eigenvalue weighted by molar-refractivity contribution is 0.285. The van der Waals surface area contributed by atoms with Gasteiger partial charge < -0.3 is 5.32 Å². The van der Waals surface area contributed by atoms with Crippen molar-refractivity contribution >= 4 is 21.7 Å². The van der Waals surface area contributed by atoms with Crippen molar-refractivity contribution in [1.29, 1.82) is 0 Å². The normalized spacial score (nSPS) is 18.7. The van der Waals surface area contributed by atoms with Crippen LogP contribution in [0.1, 0.15) is 26.2 Å². The van der Waals surface area contributed by atoms with Gasteiger partial charge in [0.2, 0.25) is 0 Å². The number of halogens is 1. The van der Waals surface area contributed by atoms with E-state index in [1.54, 1.807) is 0 Å². The number of pyridine rings is 1. The zero-order valence-corrected chi connectivity index (χ0v) is 9.92. The molecule has 14 heavy (non-hydrogen) atoms. The number of hydrogen-bond donors (Lipinski definition) is 1. The van der Waals surface area contributed by atoms with Crippen LogP contribution >= 0.6 is 15.9 Å². The van der Waals surface area contributed by atoms with Crippen molar-refractivity contribution in [2.24, 2.45) is 5.92 Å². The summed E-state index contributed by atoms with van der Waals surface area (Å²) in [5.41, 5.74) is 0. The molecule has 0 unspecified atom stereocenters. The van der Waals surface area contributed by atoms with Gasteiger partial charge in [-0.15, -0.1) is 0 Å². The highest BCUT2D eigenvalue weighted by Crippen LogP contribution is 2.31. The fraction of sp³-hybridized carbons (Fsp3) is 0.545.